The van der Waals surface area contributed by atoms with Crippen LogP contribution in [0.3, 0.4) is 0 Å². The molecule has 1 aromatic rings. The summed E-state index contributed by atoms with van der Waals surface area (Å²) in [6.07, 6.45) is 1.64. The van der Waals surface area contributed by atoms with Crippen LogP contribution in [0, 0.1) is 11.3 Å². The Balaban J connectivity index is 2.90. The highest BCUT2D eigenvalue weighted by atomic mass is 14.6. The summed E-state index contributed by atoms with van der Waals surface area (Å²) in [4.78, 5) is 0. The molecule has 0 aromatic heterocycles. The van der Waals surface area contributed by atoms with Gasteiger partial charge in [0.1, 0.15) is 11.8 Å². The Labute approximate surface area is 65.6 Å². The molecule has 0 saturated carbocycles. The van der Waals surface area contributed by atoms with E-state index in [1.54, 1.807) is 6.08 Å². The van der Waals surface area contributed by atoms with Crippen molar-refractivity contribution in [3.05, 3.63) is 41.6 Å². The summed E-state index contributed by atoms with van der Waals surface area (Å²) in [7, 11) is 0. The van der Waals surface area contributed by atoms with E-state index in [1.165, 1.54) is 0 Å². The predicted octanol–water partition coefficient (Wildman–Crippen LogP) is 1.51. The van der Waals surface area contributed by atoms with Gasteiger partial charge in [0.05, 0.1) is 0 Å². The fourth-order valence-corrected chi connectivity index (χ4v) is 0.761. The van der Waals surface area contributed by atoms with Crippen molar-refractivity contribution in [2.45, 2.75) is 0 Å². The van der Waals surface area contributed by atoms with Gasteiger partial charge in [-0.15, -0.1) is 0 Å². The van der Waals surface area contributed by atoms with Crippen molar-refractivity contribution in [1.82, 2.24) is 0 Å². The first-order chi connectivity index (χ1) is 5.33. The second-order valence-electron chi connectivity index (χ2n) is 2.12. The second kappa shape index (κ2) is 3.43. The number of nitriles is 1. The normalized spacial score (nSPS) is 10.6. The van der Waals surface area contributed by atoms with Crippen LogP contribution in [0.15, 0.2) is 36.0 Å². The minimum absolute atomic E-state index is 0.233. The molecule has 0 heterocycles. The minimum Gasteiger partial charge on any atom is -0.390 e. The van der Waals surface area contributed by atoms with E-state index in [0.29, 0.717) is 0 Å². The van der Waals surface area contributed by atoms with E-state index in [2.05, 4.69) is 0 Å². The predicted molar refractivity (Wildman–Crippen MR) is 44.2 cm³/mol. The molecule has 0 aliphatic carbocycles. The third-order valence-electron chi connectivity index (χ3n) is 1.25. The maximum atomic E-state index is 8.35. The lowest BCUT2D eigenvalue weighted by atomic mass is 10.2. The Hall–Kier alpha value is -1.75. The molecule has 0 unspecified atom stereocenters. The highest BCUT2D eigenvalue weighted by molar-refractivity contribution is 5.55. The Kier molecular flexibility index (Phi) is 2.29. The van der Waals surface area contributed by atoms with E-state index in [9.17, 15) is 0 Å². The standard InChI is InChI=1S/C9H8N2/c10-7-9(11)6-8-4-2-1-3-5-8/h1-6H,11H2/b9-6+. The SMILES string of the molecule is N#C/C(N)=C\c1ccccc1. The Morgan fingerprint density at radius 1 is 1.36 bits per heavy atom. The average molecular weight is 144 g/mol. The van der Waals surface area contributed by atoms with E-state index in [1.807, 2.05) is 36.4 Å². The van der Waals surface area contributed by atoms with Crippen molar-refractivity contribution in [1.29, 1.82) is 5.26 Å². The summed E-state index contributed by atoms with van der Waals surface area (Å²) in [5.74, 6) is 0. The van der Waals surface area contributed by atoms with Crippen LogP contribution in [0.5, 0.6) is 0 Å². The molecule has 0 aliphatic rings. The topological polar surface area (TPSA) is 49.8 Å². The quantitative estimate of drug-likeness (QED) is 0.607. The number of benzene rings is 1. The Morgan fingerprint density at radius 3 is 2.55 bits per heavy atom. The Morgan fingerprint density at radius 2 is 2.00 bits per heavy atom. The van der Waals surface area contributed by atoms with Gasteiger partial charge in [0, 0.05) is 0 Å². The first-order valence-electron chi connectivity index (χ1n) is 3.25. The highest BCUT2D eigenvalue weighted by Gasteiger charge is 1.86. The zero-order chi connectivity index (χ0) is 8.10. The molecule has 54 valence electrons. The Bertz CT molecular complexity index is 293. The maximum Gasteiger partial charge on any atom is 0.117 e. The maximum absolute atomic E-state index is 8.35. The summed E-state index contributed by atoms with van der Waals surface area (Å²) in [6.45, 7) is 0. The van der Waals surface area contributed by atoms with Crippen molar-refractivity contribution in [2.24, 2.45) is 5.73 Å². The van der Waals surface area contributed by atoms with Gasteiger partial charge in [0.15, 0.2) is 0 Å². The number of rotatable bonds is 1. The average Bonchev–Trinajstić information content (AvgIpc) is 2.06. The largest absolute Gasteiger partial charge is 0.390 e. The molecule has 0 amide bonds. The summed E-state index contributed by atoms with van der Waals surface area (Å²) in [6, 6.07) is 11.4. The molecule has 0 atom stereocenters. The van der Waals surface area contributed by atoms with Gasteiger partial charge >= 0.3 is 0 Å². The third-order valence-corrected chi connectivity index (χ3v) is 1.25. The zero-order valence-electron chi connectivity index (χ0n) is 5.99. The lowest BCUT2D eigenvalue weighted by Crippen LogP contribution is -1.91. The van der Waals surface area contributed by atoms with Crippen molar-refractivity contribution in [3.8, 4) is 6.07 Å². The molecule has 0 spiro atoms. The summed E-state index contributed by atoms with van der Waals surface area (Å²) >= 11 is 0. The van der Waals surface area contributed by atoms with Gasteiger partial charge < -0.3 is 5.73 Å². The van der Waals surface area contributed by atoms with Gasteiger partial charge in [0.25, 0.3) is 0 Å². The third kappa shape index (κ3) is 2.15. The molecule has 1 aromatic carbocycles. The minimum atomic E-state index is 0.233. The number of nitrogens with zero attached hydrogens (tertiary/aromatic N) is 1. The van der Waals surface area contributed by atoms with Crippen LogP contribution in [-0.4, -0.2) is 0 Å². The molecule has 0 bridgehead atoms. The van der Waals surface area contributed by atoms with E-state index < -0.39 is 0 Å². The highest BCUT2D eigenvalue weighted by Crippen LogP contribution is 2.01. The fraction of sp³-hybridized carbons (Fsp3) is 0. The number of nitrogens with two attached hydrogens (primary N) is 1. The molecule has 11 heavy (non-hydrogen) atoms. The first kappa shape index (κ1) is 7.36. The summed E-state index contributed by atoms with van der Waals surface area (Å²) in [5, 5.41) is 8.35. The molecular weight excluding hydrogens is 136 g/mol. The van der Waals surface area contributed by atoms with Gasteiger partial charge in [-0.2, -0.15) is 5.26 Å². The lowest BCUT2D eigenvalue weighted by molar-refractivity contribution is 1.41. The zero-order valence-corrected chi connectivity index (χ0v) is 5.99. The van der Waals surface area contributed by atoms with Gasteiger partial charge in [-0.05, 0) is 11.6 Å². The molecule has 2 heteroatoms. The van der Waals surface area contributed by atoms with Gasteiger partial charge in [0.2, 0.25) is 0 Å². The van der Waals surface area contributed by atoms with Crippen molar-refractivity contribution < 1.29 is 0 Å². The van der Waals surface area contributed by atoms with E-state index >= 15 is 0 Å². The molecule has 2 N–H and O–H groups in total. The fourth-order valence-electron chi connectivity index (χ4n) is 0.761. The van der Waals surface area contributed by atoms with Crippen molar-refractivity contribution in [3.63, 3.8) is 0 Å². The molecule has 0 radical (unpaired) electrons. The van der Waals surface area contributed by atoms with E-state index in [4.69, 9.17) is 11.0 Å². The molecule has 0 aliphatic heterocycles. The van der Waals surface area contributed by atoms with Gasteiger partial charge in [-0.1, -0.05) is 30.3 Å². The molecule has 2 nitrogen and oxygen atoms in total. The molecule has 0 fully saturated rings. The smallest absolute Gasteiger partial charge is 0.117 e. The van der Waals surface area contributed by atoms with Crippen molar-refractivity contribution in [2.75, 3.05) is 0 Å². The lowest BCUT2D eigenvalue weighted by Gasteiger charge is -1.90. The second-order valence-corrected chi connectivity index (χ2v) is 2.12. The number of hydrogen-bond donors (Lipinski definition) is 1. The molecular formula is C9H8N2. The van der Waals surface area contributed by atoms with Crippen LogP contribution in [0.4, 0.5) is 0 Å². The monoisotopic (exact) mass is 144 g/mol. The van der Waals surface area contributed by atoms with Crippen LogP contribution >= 0.6 is 0 Å². The van der Waals surface area contributed by atoms with Crippen LogP contribution in [0.1, 0.15) is 5.56 Å². The summed E-state index contributed by atoms with van der Waals surface area (Å²) < 4.78 is 0. The van der Waals surface area contributed by atoms with Crippen molar-refractivity contribution >= 4 is 6.08 Å². The number of hydrogen-bond acceptors (Lipinski definition) is 2. The van der Waals surface area contributed by atoms with Crippen LogP contribution in [-0.2, 0) is 0 Å². The van der Waals surface area contributed by atoms with Crippen LogP contribution in [0.25, 0.3) is 6.08 Å². The molecule has 0 saturated heterocycles. The first-order valence-corrected chi connectivity index (χ1v) is 3.25. The summed E-state index contributed by atoms with van der Waals surface area (Å²) in [5.41, 5.74) is 6.49. The van der Waals surface area contributed by atoms with E-state index in [-0.39, 0.29) is 5.70 Å². The van der Waals surface area contributed by atoms with Gasteiger partial charge in [-0.3, -0.25) is 0 Å². The van der Waals surface area contributed by atoms with E-state index in [0.717, 1.165) is 5.56 Å². The van der Waals surface area contributed by atoms with Crippen LogP contribution in [0.2, 0.25) is 0 Å². The molecule has 1 rings (SSSR count). The van der Waals surface area contributed by atoms with Crippen LogP contribution < -0.4 is 5.73 Å². The number of allylic oxidation sites excluding steroid dienone is 1. The van der Waals surface area contributed by atoms with Gasteiger partial charge in [-0.25, -0.2) is 0 Å².